The van der Waals surface area contributed by atoms with Crippen LogP contribution >= 0.6 is 0 Å². The predicted octanol–water partition coefficient (Wildman–Crippen LogP) is 2.79. The number of pyridine rings is 1. The summed E-state index contributed by atoms with van der Waals surface area (Å²) in [4.78, 5) is 16.1. The van der Waals surface area contributed by atoms with E-state index < -0.39 is 0 Å². The SMILES string of the molecule is CCNC1C(=O)Nc2cc(Oc3ccc(C)nc3)ccc21. The molecule has 108 valence electrons. The molecule has 0 saturated heterocycles. The van der Waals surface area contributed by atoms with Gasteiger partial charge in [-0.2, -0.15) is 0 Å². The topological polar surface area (TPSA) is 63.2 Å². The van der Waals surface area contributed by atoms with E-state index in [1.165, 1.54) is 0 Å². The number of rotatable bonds is 4. The van der Waals surface area contributed by atoms with Crippen LogP contribution in [0.3, 0.4) is 0 Å². The van der Waals surface area contributed by atoms with E-state index in [9.17, 15) is 4.79 Å². The van der Waals surface area contributed by atoms with E-state index in [0.717, 1.165) is 23.5 Å². The summed E-state index contributed by atoms with van der Waals surface area (Å²) in [6.07, 6.45) is 1.68. The standard InChI is InChI=1S/C16H17N3O2/c1-3-17-15-13-7-6-11(8-14(13)19-16(15)20)21-12-5-4-10(2)18-9-12/h4-9,15,17H,3H2,1-2H3,(H,19,20). The molecule has 0 radical (unpaired) electrons. The van der Waals surface area contributed by atoms with E-state index >= 15 is 0 Å². The van der Waals surface area contributed by atoms with Gasteiger partial charge in [-0.3, -0.25) is 9.78 Å². The summed E-state index contributed by atoms with van der Waals surface area (Å²) >= 11 is 0. The molecule has 1 atom stereocenters. The zero-order chi connectivity index (χ0) is 14.8. The lowest BCUT2D eigenvalue weighted by Gasteiger charge is -2.10. The van der Waals surface area contributed by atoms with Gasteiger partial charge in [-0.25, -0.2) is 0 Å². The number of nitrogens with one attached hydrogen (secondary N) is 2. The average Bonchev–Trinajstić information content (AvgIpc) is 2.78. The number of carbonyl (C=O) groups excluding carboxylic acids is 1. The van der Waals surface area contributed by atoms with Gasteiger partial charge < -0.3 is 15.4 Å². The number of hydrogen-bond acceptors (Lipinski definition) is 4. The van der Waals surface area contributed by atoms with E-state index in [1.807, 2.05) is 44.2 Å². The number of fused-ring (bicyclic) bond motifs is 1. The van der Waals surface area contributed by atoms with E-state index in [0.29, 0.717) is 11.5 Å². The van der Waals surface area contributed by atoms with Gasteiger partial charge in [0.1, 0.15) is 17.5 Å². The molecular weight excluding hydrogens is 266 g/mol. The van der Waals surface area contributed by atoms with Crippen molar-refractivity contribution in [3.8, 4) is 11.5 Å². The average molecular weight is 283 g/mol. The van der Waals surface area contributed by atoms with Gasteiger partial charge in [0.05, 0.1) is 6.20 Å². The second kappa shape index (κ2) is 5.54. The third kappa shape index (κ3) is 2.73. The first-order valence-corrected chi connectivity index (χ1v) is 6.96. The van der Waals surface area contributed by atoms with Gasteiger partial charge in [0.15, 0.2) is 0 Å². The van der Waals surface area contributed by atoms with Gasteiger partial charge in [-0.05, 0) is 31.7 Å². The summed E-state index contributed by atoms with van der Waals surface area (Å²) < 4.78 is 5.75. The van der Waals surface area contributed by atoms with E-state index in [1.54, 1.807) is 6.20 Å². The number of likely N-dealkylation sites (N-methyl/N-ethyl adjacent to an activating group) is 1. The van der Waals surface area contributed by atoms with Crippen LogP contribution in [-0.4, -0.2) is 17.4 Å². The van der Waals surface area contributed by atoms with Crippen LogP contribution < -0.4 is 15.4 Å². The van der Waals surface area contributed by atoms with Crippen LogP contribution in [0.25, 0.3) is 0 Å². The van der Waals surface area contributed by atoms with Gasteiger partial charge in [-0.1, -0.05) is 13.0 Å². The van der Waals surface area contributed by atoms with E-state index in [4.69, 9.17) is 4.74 Å². The molecule has 5 heteroatoms. The fraction of sp³-hybridized carbons (Fsp3) is 0.250. The monoisotopic (exact) mass is 283 g/mol. The van der Waals surface area contributed by atoms with Gasteiger partial charge in [0, 0.05) is 23.0 Å². The minimum atomic E-state index is -0.278. The fourth-order valence-corrected chi connectivity index (χ4v) is 2.36. The smallest absolute Gasteiger partial charge is 0.246 e. The van der Waals surface area contributed by atoms with E-state index in [-0.39, 0.29) is 11.9 Å². The number of benzene rings is 1. The van der Waals surface area contributed by atoms with Crippen LogP contribution in [0, 0.1) is 6.92 Å². The summed E-state index contributed by atoms with van der Waals surface area (Å²) in [5, 5.41) is 6.03. The predicted molar refractivity (Wildman–Crippen MR) is 80.5 cm³/mol. The van der Waals surface area contributed by atoms with Gasteiger partial charge in [-0.15, -0.1) is 0 Å². The maximum atomic E-state index is 11.9. The highest BCUT2D eigenvalue weighted by Crippen LogP contribution is 2.34. The lowest BCUT2D eigenvalue weighted by Crippen LogP contribution is -2.27. The third-order valence-electron chi connectivity index (χ3n) is 3.38. The molecule has 3 rings (SSSR count). The Morgan fingerprint density at radius 1 is 1.29 bits per heavy atom. The van der Waals surface area contributed by atoms with Crippen LogP contribution in [-0.2, 0) is 4.79 Å². The maximum absolute atomic E-state index is 11.9. The first-order chi connectivity index (χ1) is 10.2. The normalized spacial score (nSPS) is 16.5. The number of hydrogen-bond donors (Lipinski definition) is 2. The molecule has 0 fully saturated rings. The highest BCUT2D eigenvalue weighted by molar-refractivity contribution is 6.02. The molecule has 21 heavy (non-hydrogen) atoms. The lowest BCUT2D eigenvalue weighted by atomic mass is 10.1. The molecule has 0 bridgehead atoms. The number of aromatic nitrogens is 1. The summed E-state index contributed by atoms with van der Waals surface area (Å²) in [6, 6.07) is 9.10. The molecule has 1 aromatic carbocycles. The van der Waals surface area contributed by atoms with Crippen molar-refractivity contribution < 1.29 is 9.53 Å². The Bertz CT molecular complexity index is 668. The summed E-state index contributed by atoms with van der Waals surface area (Å²) in [7, 11) is 0. The van der Waals surface area contributed by atoms with Crippen molar-refractivity contribution in [1.82, 2.24) is 10.3 Å². The van der Waals surface area contributed by atoms with Crippen LogP contribution in [0.15, 0.2) is 36.5 Å². The molecule has 1 aliphatic rings. The van der Waals surface area contributed by atoms with Crippen molar-refractivity contribution in [1.29, 1.82) is 0 Å². The number of amides is 1. The molecule has 2 aromatic rings. The number of carbonyl (C=O) groups is 1. The minimum Gasteiger partial charge on any atom is -0.456 e. The van der Waals surface area contributed by atoms with Crippen molar-refractivity contribution in [3.05, 3.63) is 47.8 Å². The molecule has 2 N–H and O–H groups in total. The molecule has 1 aromatic heterocycles. The van der Waals surface area contributed by atoms with Crippen LogP contribution in [0.2, 0.25) is 0 Å². The highest BCUT2D eigenvalue weighted by Gasteiger charge is 2.29. The zero-order valence-corrected chi connectivity index (χ0v) is 12.0. The van der Waals surface area contributed by atoms with Crippen molar-refractivity contribution in [2.24, 2.45) is 0 Å². The second-order valence-corrected chi connectivity index (χ2v) is 4.97. The quantitative estimate of drug-likeness (QED) is 0.905. The molecular formula is C16H17N3O2. The first kappa shape index (κ1) is 13.6. The molecule has 0 saturated carbocycles. The Balaban J connectivity index is 1.82. The maximum Gasteiger partial charge on any atom is 0.246 e. The number of nitrogens with zero attached hydrogens (tertiary/aromatic N) is 1. The number of ether oxygens (including phenoxy) is 1. The molecule has 1 aliphatic heterocycles. The van der Waals surface area contributed by atoms with E-state index in [2.05, 4.69) is 15.6 Å². The Labute approximate surface area is 123 Å². The van der Waals surface area contributed by atoms with Crippen molar-refractivity contribution >= 4 is 11.6 Å². The summed E-state index contributed by atoms with van der Waals surface area (Å²) in [5.41, 5.74) is 2.69. The molecule has 1 unspecified atom stereocenters. The summed E-state index contributed by atoms with van der Waals surface area (Å²) in [6.45, 7) is 4.65. The van der Waals surface area contributed by atoms with Crippen molar-refractivity contribution in [2.75, 3.05) is 11.9 Å². The summed E-state index contributed by atoms with van der Waals surface area (Å²) in [5.74, 6) is 1.32. The van der Waals surface area contributed by atoms with Crippen LogP contribution in [0.5, 0.6) is 11.5 Å². The number of anilines is 1. The zero-order valence-electron chi connectivity index (χ0n) is 12.0. The van der Waals surface area contributed by atoms with Gasteiger partial charge in [0.25, 0.3) is 0 Å². The molecule has 2 heterocycles. The largest absolute Gasteiger partial charge is 0.456 e. The fourth-order valence-electron chi connectivity index (χ4n) is 2.36. The first-order valence-electron chi connectivity index (χ1n) is 6.96. The van der Waals surface area contributed by atoms with Crippen molar-refractivity contribution in [2.45, 2.75) is 19.9 Å². The molecule has 1 amide bonds. The molecule has 5 nitrogen and oxygen atoms in total. The molecule has 0 spiro atoms. The Kier molecular flexibility index (Phi) is 3.58. The Morgan fingerprint density at radius 2 is 2.10 bits per heavy atom. The van der Waals surface area contributed by atoms with Crippen LogP contribution in [0.1, 0.15) is 24.2 Å². The van der Waals surface area contributed by atoms with Gasteiger partial charge in [0.2, 0.25) is 5.91 Å². The lowest BCUT2D eigenvalue weighted by molar-refractivity contribution is -0.117. The molecule has 0 aliphatic carbocycles. The van der Waals surface area contributed by atoms with Crippen LogP contribution in [0.4, 0.5) is 5.69 Å². The second-order valence-electron chi connectivity index (χ2n) is 4.97. The Hall–Kier alpha value is -2.40. The minimum absolute atomic E-state index is 0.0268. The van der Waals surface area contributed by atoms with Crippen molar-refractivity contribution in [3.63, 3.8) is 0 Å². The van der Waals surface area contributed by atoms with Gasteiger partial charge >= 0.3 is 0 Å². The Morgan fingerprint density at radius 3 is 2.81 bits per heavy atom. The third-order valence-corrected chi connectivity index (χ3v) is 3.38. The number of aryl methyl sites for hydroxylation is 1. The highest BCUT2D eigenvalue weighted by atomic mass is 16.5.